The van der Waals surface area contributed by atoms with Crippen molar-refractivity contribution in [3.63, 3.8) is 0 Å². The van der Waals surface area contributed by atoms with Crippen LogP contribution in [0.5, 0.6) is 0 Å². The molecule has 0 saturated carbocycles. The minimum atomic E-state index is -0.484. The Morgan fingerprint density at radius 2 is 2.12 bits per heavy atom. The fraction of sp³-hybridized carbons (Fsp3) is 0.833. The predicted octanol–water partition coefficient (Wildman–Crippen LogP) is 3.83. The second-order valence-electron chi connectivity index (χ2n) is 5.49. The molecule has 2 rings (SSSR count). The first-order valence-corrected chi connectivity index (χ1v) is 7.03. The smallest absolute Gasteiger partial charge is 0.348 e. The Hall–Kier alpha value is 0.305. The third kappa shape index (κ3) is 3.20. The van der Waals surface area contributed by atoms with Crippen molar-refractivity contribution in [2.45, 2.75) is 51.3 Å². The Morgan fingerprint density at radius 3 is 2.65 bits per heavy atom. The van der Waals surface area contributed by atoms with E-state index in [1.807, 2.05) is 13.8 Å². The summed E-state index contributed by atoms with van der Waals surface area (Å²) in [6.07, 6.45) is 4.45. The molecule has 96 valence electrons. The average Bonchev–Trinajstić information content (AvgIpc) is 2.58. The van der Waals surface area contributed by atoms with E-state index in [-0.39, 0.29) is 23.4 Å². The standard InChI is InChI=1S/C12H19BCl2O2/c1-8-4-5-10(13(14)15)9(6-8)11-7-16-12(2,3)17-11/h6,9-11H,4-5,7H2,1-3H3/t9-,10?,11-/m1/s1. The van der Waals surface area contributed by atoms with Gasteiger partial charge in [-0.2, -0.15) is 22.9 Å². The van der Waals surface area contributed by atoms with E-state index < -0.39 is 5.79 Å². The Labute approximate surface area is 114 Å². The molecule has 3 atom stereocenters. The highest BCUT2D eigenvalue weighted by atomic mass is 35.5. The normalized spacial score (nSPS) is 36.8. The topological polar surface area (TPSA) is 18.5 Å². The highest BCUT2D eigenvalue weighted by Crippen LogP contribution is 2.43. The van der Waals surface area contributed by atoms with E-state index in [4.69, 9.17) is 32.4 Å². The molecule has 0 spiro atoms. The van der Waals surface area contributed by atoms with Crippen molar-refractivity contribution < 1.29 is 9.47 Å². The summed E-state index contributed by atoms with van der Waals surface area (Å²) in [5, 5.41) is 0. The van der Waals surface area contributed by atoms with Crippen molar-refractivity contribution in [2.24, 2.45) is 5.92 Å². The van der Waals surface area contributed by atoms with Crippen LogP contribution in [-0.4, -0.2) is 24.0 Å². The summed E-state index contributed by atoms with van der Waals surface area (Å²) in [6, 6.07) is 0. The van der Waals surface area contributed by atoms with Gasteiger partial charge in [-0.25, -0.2) is 0 Å². The van der Waals surface area contributed by atoms with Crippen molar-refractivity contribution >= 4 is 28.5 Å². The summed E-state index contributed by atoms with van der Waals surface area (Å²) >= 11 is 12.2. The molecule has 0 amide bonds. The Bertz CT molecular complexity index is 318. The van der Waals surface area contributed by atoms with Crippen LogP contribution in [0.3, 0.4) is 0 Å². The maximum Gasteiger partial charge on any atom is 0.355 e. The lowest BCUT2D eigenvalue weighted by molar-refractivity contribution is -0.142. The first kappa shape index (κ1) is 13.7. The molecule has 1 aliphatic heterocycles. The van der Waals surface area contributed by atoms with E-state index in [1.54, 1.807) is 0 Å². The van der Waals surface area contributed by atoms with Gasteiger partial charge in [-0.15, -0.1) is 0 Å². The molecular weight excluding hydrogens is 258 g/mol. The van der Waals surface area contributed by atoms with E-state index in [2.05, 4.69) is 13.0 Å². The fourth-order valence-corrected chi connectivity index (χ4v) is 3.29. The lowest BCUT2D eigenvalue weighted by Crippen LogP contribution is -2.33. The minimum Gasteiger partial charge on any atom is -0.348 e. The second-order valence-corrected chi connectivity index (χ2v) is 6.66. The van der Waals surface area contributed by atoms with Gasteiger partial charge in [0.25, 0.3) is 0 Å². The molecule has 2 aliphatic rings. The van der Waals surface area contributed by atoms with Crippen LogP contribution in [0.4, 0.5) is 0 Å². The zero-order valence-electron chi connectivity index (χ0n) is 10.6. The molecule has 17 heavy (non-hydrogen) atoms. The fourth-order valence-electron chi connectivity index (χ4n) is 2.70. The monoisotopic (exact) mass is 276 g/mol. The number of halogens is 2. The van der Waals surface area contributed by atoms with Crippen LogP contribution in [-0.2, 0) is 9.47 Å². The van der Waals surface area contributed by atoms with Crippen molar-refractivity contribution in [3.8, 4) is 0 Å². The van der Waals surface area contributed by atoms with Crippen molar-refractivity contribution in [2.75, 3.05) is 6.61 Å². The summed E-state index contributed by atoms with van der Waals surface area (Å²) in [6.45, 7) is 6.67. The molecule has 0 N–H and O–H groups in total. The number of ether oxygens (including phenoxy) is 2. The van der Waals surface area contributed by atoms with Gasteiger partial charge in [0.2, 0.25) is 0 Å². The van der Waals surface area contributed by atoms with Gasteiger partial charge < -0.3 is 9.47 Å². The van der Waals surface area contributed by atoms with E-state index in [0.717, 1.165) is 12.8 Å². The zero-order chi connectivity index (χ0) is 12.6. The molecule has 5 heteroatoms. The van der Waals surface area contributed by atoms with E-state index >= 15 is 0 Å². The quantitative estimate of drug-likeness (QED) is 0.564. The summed E-state index contributed by atoms with van der Waals surface area (Å²) in [4.78, 5) is 0. The number of hydrogen-bond acceptors (Lipinski definition) is 2. The third-order valence-corrected chi connectivity index (χ3v) is 4.27. The summed E-state index contributed by atoms with van der Waals surface area (Å²) in [7, 11) is 0. The molecule has 0 aromatic rings. The predicted molar refractivity (Wildman–Crippen MR) is 72.6 cm³/mol. The van der Waals surface area contributed by atoms with Gasteiger partial charge in [0, 0.05) is 5.92 Å². The highest BCUT2D eigenvalue weighted by molar-refractivity contribution is 7.34. The van der Waals surface area contributed by atoms with Crippen LogP contribution in [0.2, 0.25) is 5.82 Å². The van der Waals surface area contributed by atoms with Crippen LogP contribution in [0.15, 0.2) is 11.6 Å². The maximum atomic E-state index is 6.09. The third-order valence-electron chi connectivity index (χ3n) is 3.63. The SMILES string of the molecule is CC1=C[C@@H]([C@H]2COC(C)(C)O2)C(B(Cl)Cl)CC1. The summed E-state index contributed by atoms with van der Waals surface area (Å²) < 4.78 is 11.6. The van der Waals surface area contributed by atoms with Gasteiger partial charge in [-0.1, -0.05) is 18.1 Å². The minimum absolute atomic E-state index is 0.0743. The van der Waals surface area contributed by atoms with E-state index in [1.165, 1.54) is 5.57 Å². The lowest BCUT2D eigenvalue weighted by Gasteiger charge is -2.33. The molecular formula is C12H19BCl2O2. The average molecular weight is 277 g/mol. The van der Waals surface area contributed by atoms with Gasteiger partial charge in [-0.3, -0.25) is 0 Å². The molecule has 1 fully saturated rings. The Balaban J connectivity index is 2.13. The lowest BCUT2D eigenvalue weighted by atomic mass is 9.66. The molecule has 0 radical (unpaired) electrons. The molecule has 0 bridgehead atoms. The Morgan fingerprint density at radius 1 is 1.41 bits per heavy atom. The molecule has 1 unspecified atom stereocenters. The van der Waals surface area contributed by atoms with Crippen LogP contribution >= 0.6 is 22.9 Å². The molecule has 2 nitrogen and oxygen atoms in total. The van der Waals surface area contributed by atoms with Crippen LogP contribution < -0.4 is 0 Å². The Kier molecular flexibility index (Phi) is 4.14. The first-order valence-electron chi connectivity index (χ1n) is 6.16. The van der Waals surface area contributed by atoms with E-state index in [9.17, 15) is 0 Å². The van der Waals surface area contributed by atoms with Crippen molar-refractivity contribution in [1.29, 1.82) is 0 Å². The van der Waals surface area contributed by atoms with Crippen molar-refractivity contribution in [1.82, 2.24) is 0 Å². The summed E-state index contributed by atoms with van der Waals surface area (Å²) in [5.41, 5.74) is 1.06. The maximum absolute atomic E-state index is 6.09. The molecule has 0 aromatic carbocycles. The van der Waals surface area contributed by atoms with Gasteiger partial charge in [0.05, 0.1) is 12.7 Å². The van der Waals surface area contributed by atoms with Gasteiger partial charge in [-0.05, 0) is 33.0 Å². The van der Waals surface area contributed by atoms with Gasteiger partial charge in [0.1, 0.15) is 0 Å². The highest BCUT2D eigenvalue weighted by Gasteiger charge is 2.43. The van der Waals surface area contributed by atoms with Gasteiger partial charge in [0.15, 0.2) is 5.79 Å². The summed E-state index contributed by atoms with van der Waals surface area (Å²) in [5.74, 6) is 0.0535. The van der Waals surface area contributed by atoms with Crippen LogP contribution in [0.25, 0.3) is 0 Å². The number of hydrogen-bond donors (Lipinski definition) is 0. The van der Waals surface area contributed by atoms with Crippen LogP contribution in [0, 0.1) is 5.92 Å². The van der Waals surface area contributed by atoms with Gasteiger partial charge >= 0.3 is 5.54 Å². The van der Waals surface area contributed by atoms with Crippen molar-refractivity contribution in [3.05, 3.63) is 11.6 Å². The number of allylic oxidation sites excluding steroid dienone is 1. The first-order chi connectivity index (χ1) is 7.89. The largest absolute Gasteiger partial charge is 0.355 e. The molecule has 1 saturated heterocycles. The zero-order valence-corrected chi connectivity index (χ0v) is 12.1. The van der Waals surface area contributed by atoms with Crippen LogP contribution in [0.1, 0.15) is 33.6 Å². The van der Waals surface area contributed by atoms with E-state index in [0.29, 0.717) is 6.61 Å². The second kappa shape index (κ2) is 5.12. The molecule has 1 heterocycles. The molecule has 0 aromatic heterocycles. The molecule has 1 aliphatic carbocycles. The number of rotatable bonds is 2.